The number of aliphatic hydroxyl groups excluding tert-OH is 8. The number of alkyl halides is 1. The van der Waals surface area contributed by atoms with Crippen molar-refractivity contribution in [1.29, 1.82) is 0 Å². The summed E-state index contributed by atoms with van der Waals surface area (Å²) >= 11 is 0. The Kier molecular flexibility index (Phi) is 10.0. The largest absolute Gasteiger partial charge is 0.393 e. The van der Waals surface area contributed by atoms with Crippen LogP contribution in [0.2, 0.25) is 0 Å². The van der Waals surface area contributed by atoms with E-state index in [1.54, 1.807) is 0 Å². The number of rotatable bonds is 7. The molecule has 0 aliphatic carbocycles. The van der Waals surface area contributed by atoms with E-state index in [1.165, 1.54) is 13.8 Å². The average molecular weight is 562 g/mol. The molecule has 1 amide bonds. The van der Waals surface area contributed by atoms with Gasteiger partial charge in [0.05, 0.1) is 18.8 Å². The summed E-state index contributed by atoms with van der Waals surface area (Å²) in [6.45, 7) is 2.61. The fourth-order valence-corrected chi connectivity index (χ4v) is 4.58. The predicted octanol–water partition coefficient (Wildman–Crippen LogP) is -5.72. The van der Waals surface area contributed by atoms with Gasteiger partial charge in [0.15, 0.2) is 18.9 Å². The van der Waals surface area contributed by atoms with Crippen LogP contribution in [0.3, 0.4) is 0 Å². The number of hydrogen-bond donors (Lipinski definition) is 10. The fraction of sp³-hybridized carbons (Fsp3) is 0.952. The van der Waals surface area contributed by atoms with Crippen LogP contribution in [0.5, 0.6) is 0 Å². The maximum atomic E-state index is 14.7. The maximum Gasteiger partial charge on any atom is 0.263 e. The summed E-state index contributed by atoms with van der Waals surface area (Å²) in [4.78, 5) is 11.7. The number of hydrogen-bond acceptors (Lipinski definition) is 15. The predicted molar refractivity (Wildman–Crippen MR) is 116 cm³/mol. The Labute approximate surface area is 216 Å². The minimum Gasteiger partial charge on any atom is -0.393 e. The molecule has 38 heavy (non-hydrogen) atoms. The van der Waals surface area contributed by atoms with Crippen molar-refractivity contribution in [3.05, 3.63) is 0 Å². The lowest BCUT2D eigenvalue weighted by Gasteiger charge is -2.49. The highest BCUT2D eigenvalue weighted by Gasteiger charge is 2.58. The van der Waals surface area contributed by atoms with E-state index < -0.39 is 110 Å². The molecule has 10 N–H and O–H groups in total. The van der Waals surface area contributed by atoms with E-state index in [0.29, 0.717) is 0 Å². The van der Waals surface area contributed by atoms with Crippen molar-refractivity contribution in [2.24, 2.45) is 0 Å². The molecule has 0 saturated carbocycles. The second-order valence-electron chi connectivity index (χ2n) is 9.67. The summed E-state index contributed by atoms with van der Waals surface area (Å²) < 4.78 is 42.1. The third-order valence-electron chi connectivity index (χ3n) is 6.85. The van der Waals surface area contributed by atoms with Gasteiger partial charge in [0.1, 0.15) is 61.0 Å². The Balaban J connectivity index is 1.85. The highest BCUT2D eigenvalue weighted by Crippen LogP contribution is 2.35. The van der Waals surface area contributed by atoms with Crippen molar-refractivity contribution in [1.82, 2.24) is 5.32 Å². The van der Waals surface area contributed by atoms with Crippen molar-refractivity contribution in [2.75, 3.05) is 6.61 Å². The molecule has 17 heteroatoms. The van der Waals surface area contributed by atoms with Crippen LogP contribution < -0.4 is 5.32 Å². The van der Waals surface area contributed by atoms with Crippen molar-refractivity contribution in [2.45, 2.75) is 119 Å². The summed E-state index contributed by atoms with van der Waals surface area (Å²) in [5, 5.41) is 92.9. The first-order valence-corrected chi connectivity index (χ1v) is 11.9. The molecule has 3 fully saturated rings. The smallest absolute Gasteiger partial charge is 0.263 e. The number of ether oxygens (including phenoxy) is 5. The van der Waals surface area contributed by atoms with E-state index >= 15 is 0 Å². The molecule has 3 aliphatic rings. The van der Waals surface area contributed by atoms with Crippen LogP contribution in [0.25, 0.3) is 0 Å². The topological polar surface area (TPSA) is 257 Å². The molecule has 3 rings (SSSR count). The zero-order valence-electron chi connectivity index (χ0n) is 20.7. The minimum absolute atomic E-state index is 0.789. The Bertz CT molecular complexity index is 809. The monoisotopic (exact) mass is 561 g/mol. The van der Waals surface area contributed by atoms with Gasteiger partial charge in [-0.3, -0.25) is 4.79 Å². The number of carbonyl (C=O) groups excluding carboxylic acids is 1. The number of aliphatic hydroxyl groups is 9. The second kappa shape index (κ2) is 12.1. The summed E-state index contributed by atoms with van der Waals surface area (Å²) in [6, 6.07) is -1.78. The van der Waals surface area contributed by atoms with Gasteiger partial charge in [0.25, 0.3) is 5.85 Å². The zero-order chi connectivity index (χ0) is 28.7. The molecule has 0 aromatic carbocycles. The molecule has 0 aromatic heterocycles. The lowest BCUT2D eigenvalue weighted by Crippen LogP contribution is -2.71. The van der Waals surface area contributed by atoms with Gasteiger partial charge in [-0.25, -0.2) is 4.39 Å². The SMILES string of the molecule is CC(=O)N[C@H]1[C@H](O[C@@H]2[C@@H](O[C@H](C)[C@H]3O[C@H](O)[C@H](O)[C@@H](O)[C@@H]3O)O[C@H](C)[C@@H](O)[C@@H]2O)O[C@H](CO)[C@](O)(F)[C@@H]1O. The van der Waals surface area contributed by atoms with Crippen LogP contribution in [-0.2, 0) is 28.5 Å². The van der Waals surface area contributed by atoms with E-state index in [-0.39, 0.29) is 0 Å². The molecule has 3 aliphatic heterocycles. The quantitative estimate of drug-likeness (QED) is 0.139. The fourth-order valence-electron chi connectivity index (χ4n) is 4.58. The zero-order valence-corrected chi connectivity index (χ0v) is 20.7. The van der Waals surface area contributed by atoms with Gasteiger partial charge in [0, 0.05) is 6.92 Å². The molecule has 222 valence electrons. The average Bonchev–Trinajstić information content (AvgIpc) is 2.84. The lowest BCUT2D eigenvalue weighted by molar-refractivity contribution is -0.385. The van der Waals surface area contributed by atoms with Crippen LogP contribution >= 0.6 is 0 Å². The molecule has 0 spiro atoms. The normalized spacial score (nSPS) is 50.9. The van der Waals surface area contributed by atoms with Gasteiger partial charge in [-0.05, 0) is 13.8 Å². The van der Waals surface area contributed by atoms with E-state index in [0.717, 1.165) is 6.92 Å². The molecule has 3 saturated heterocycles. The molecular weight excluding hydrogens is 525 g/mol. The van der Waals surface area contributed by atoms with Crippen LogP contribution in [0.15, 0.2) is 0 Å². The Morgan fingerprint density at radius 1 is 0.974 bits per heavy atom. The Hall–Kier alpha value is -1.16. The number of amides is 1. The van der Waals surface area contributed by atoms with Gasteiger partial charge in [-0.2, -0.15) is 0 Å². The van der Waals surface area contributed by atoms with E-state index in [4.69, 9.17) is 23.7 Å². The van der Waals surface area contributed by atoms with Gasteiger partial charge >= 0.3 is 0 Å². The molecule has 16 nitrogen and oxygen atoms in total. The summed E-state index contributed by atoms with van der Waals surface area (Å²) in [5.41, 5.74) is 0. The Morgan fingerprint density at radius 2 is 1.61 bits per heavy atom. The van der Waals surface area contributed by atoms with Gasteiger partial charge in [-0.15, -0.1) is 0 Å². The molecule has 3 heterocycles. The Morgan fingerprint density at radius 3 is 2.18 bits per heavy atom. The molecule has 0 unspecified atom stereocenters. The second-order valence-corrected chi connectivity index (χ2v) is 9.67. The van der Waals surface area contributed by atoms with E-state index in [2.05, 4.69) is 5.32 Å². The first-order valence-electron chi connectivity index (χ1n) is 11.9. The minimum atomic E-state index is -3.51. The highest BCUT2D eigenvalue weighted by atomic mass is 19.2. The van der Waals surface area contributed by atoms with Crippen LogP contribution in [-0.4, -0.2) is 156 Å². The molecule has 0 radical (unpaired) electrons. The van der Waals surface area contributed by atoms with Crippen LogP contribution in [0.4, 0.5) is 4.39 Å². The third-order valence-corrected chi connectivity index (χ3v) is 6.85. The van der Waals surface area contributed by atoms with Crippen molar-refractivity contribution < 1.29 is 78.8 Å². The van der Waals surface area contributed by atoms with Crippen molar-refractivity contribution in [3.63, 3.8) is 0 Å². The summed E-state index contributed by atoms with van der Waals surface area (Å²) in [7, 11) is 0. The number of halogens is 1. The van der Waals surface area contributed by atoms with Gasteiger partial charge in [0.2, 0.25) is 5.91 Å². The molecule has 0 aromatic rings. The van der Waals surface area contributed by atoms with Crippen LogP contribution in [0.1, 0.15) is 20.8 Å². The standard InChI is InChI=1S/C21H36FNO15/c1-5-10(26)12(28)16(20(34-5)35-6(2)15-13(29)11(27)14(30)18(32)37-15)38-19-9(23-7(3)25)17(31)21(22,33)8(4-24)36-19/h5-6,8-20,24,26-33H,4H2,1-3H3,(H,23,25)/t5-,6-,8-,9-,10-,11+,12+,13+,14-,15-,16+,17-,18+,19+,20-,21-/m1/s1. The van der Waals surface area contributed by atoms with Crippen molar-refractivity contribution >= 4 is 5.91 Å². The maximum absolute atomic E-state index is 14.7. The number of nitrogens with one attached hydrogen (secondary N) is 1. The van der Waals surface area contributed by atoms with Gasteiger partial charge in [-0.1, -0.05) is 0 Å². The third kappa shape index (κ3) is 6.11. The molecule has 16 atom stereocenters. The number of carbonyl (C=O) groups is 1. The van der Waals surface area contributed by atoms with Gasteiger partial charge < -0.3 is 75.0 Å². The first-order chi connectivity index (χ1) is 17.6. The van der Waals surface area contributed by atoms with Crippen LogP contribution in [0, 0.1) is 0 Å². The molecule has 0 bridgehead atoms. The summed E-state index contributed by atoms with van der Waals surface area (Å²) in [5.74, 6) is -4.30. The first kappa shape index (κ1) is 31.4. The van der Waals surface area contributed by atoms with Crippen molar-refractivity contribution in [3.8, 4) is 0 Å². The van der Waals surface area contributed by atoms with E-state index in [9.17, 15) is 55.1 Å². The lowest BCUT2D eigenvalue weighted by atomic mass is 9.93. The van der Waals surface area contributed by atoms with E-state index in [1.807, 2.05) is 0 Å². The highest BCUT2D eigenvalue weighted by molar-refractivity contribution is 5.73. The molecular formula is C21H36FNO15. The summed E-state index contributed by atoms with van der Waals surface area (Å²) in [6.07, 6.45) is -23.8.